The van der Waals surface area contributed by atoms with Gasteiger partial charge in [0.25, 0.3) is 5.91 Å². The second-order valence-corrected chi connectivity index (χ2v) is 4.64. The number of nitrogen functional groups attached to an aromatic ring is 1. The van der Waals surface area contributed by atoms with Gasteiger partial charge in [0.05, 0.1) is 30.8 Å². The molecule has 96 valence electrons. The van der Waals surface area contributed by atoms with Crippen LogP contribution in [-0.4, -0.2) is 25.2 Å². The van der Waals surface area contributed by atoms with Crippen LogP contribution in [0.4, 0.5) is 0 Å². The van der Waals surface area contributed by atoms with E-state index in [9.17, 15) is 4.79 Å². The normalized spacial score (nSPS) is 10.8. The zero-order valence-electron chi connectivity index (χ0n) is 10.1. The minimum atomic E-state index is -0.281. The van der Waals surface area contributed by atoms with Crippen molar-refractivity contribution in [1.82, 2.24) is 5.43 Å². The largest absolute Gasteiger partial charge is 0.376 e. The lowest BCUT2D eigenvalue weighted by Gasteiger charge is -2.08. The van der Waals surface area contributed by atoms with E-state index in [1.807, 2.05) is 25.3 Å². The predicted octanol–water partition coefficient (Wildman–Crippen LogP) is 1.29. The van der Waals surface area contributed by atoms with Crippen molar-refractivity contribution >= 4 is 17.2 Å². The third-order valence-corrected chi connectivity index (χ3v) is 2.98. The van der Waals surface area contributed by atoms with Gasteiger partial charge >= 0.3 is 0 Å². The van der Waals surface area contributed by atoms with Crippen LogP contribution in [0.15, 0.2) is 11.4 Å². The first kappa shape index (κ1) is 14.1. The summed E-state index contributed by atoms with van der Waals surface area (Å²) in [5.74, 6) is 4.81. The SMILES string of the molecule is CC(C)OCCOCc1ccsc1C(=O)NN. The van der Waals surface area contributed by atoms with E-state index in [0.717, 1.165) is 5.56 Å². The van der Waals surface area contributed by atoms with Gasteiger partial charge < -0.3 is 9.47 Å². The summed E-state index contributed by atoms with van der Waals surface area (Å²) in [6.45, 7) is 5.41. The maximum Gasteiger partial charge on any atom is 0.275 e. The molecule has 0 bridgehead atoms. The van der Waals surface area contributed by atoms with Crippen molar-refractivity contribution in [1.29, 1.82) is 0 Å². The third kappa shape index (κ3) is 4.82. The zero-order valence-corrected chi connectivity index (χ0v) is 10.9. The molecule has 1 amide bonds. The molecule has 1 heterocycles. The minimum Gasteiger partial charge on any atom is -0.376 e. The van der Waals surface area contributed by atoms with Gasteiger partial charge in [-0.15, -0.1) is 11.3 Å². The number of ether oxygens (including phenoxy) is 2. The Balaban J connectivity index is 2.32. The molecule has 6 heteroatoms. The molecule has 0 aliphatic carbocycles. The Morgan fingerprint density at radius 1 is 1.53 bits per heavy atom. The fourth-order valence-electron chi connectivity index (χ4n) is 1.24. The molecular weight excluding hydrogens is 240 g/mol. The lowest BCUT2D eigenvalue weighted by Crippen LogP contribution is -2.30. The van der Waals surface area contributed by atoms with Crippen molar-refractivity contribution in [3.63, 3.8) is 0 Å². The van der Waals surface area contributed by atoms with E-state index < -0.39 is 0 Å². The Kier molecular flexibility index (Phi) is 6.13. The number of thiophene rings is 1. The molecule has 0 aliphatic rings. The Labute approximate surface area is 105 Å². The van der Waals surface area contributed by atoms with Crippen molar-refractivity contribution in [2.75, 3.05) is 13.2 Å². The second kappa shape index (κ2) is 7.39. The quantitative estimate of drug-likeness (QED) is 0.334. The van der Waals surface area contributed by atoms with Crippen LogP contribution in [0, 0.1) is 0 Å². The van der Waals surface area contributed by atoms with Crippen LogP contribution in [0.1, 0.15) is 29.1 Å². The number of amides is 1. The highest BCUT2D eigenvalue weighted by Gasteiger charge is 2.11. The number of carbonyl (C=O) groups excluding carboxylic acids is 1. The van der Waals surface area contributed by atoms with Gasteiger partial charge in [-0.2, -0.15) is 0 Å². The van der Waals surface area contributed by atoms with Gasteiger partial charge in [0.1, 0.15) is 0 Å². The van der Waals surface area contributed by atoms with Gasteiger partial charge in [-0.1, -0.05) is 0 Å². The van der Waals surface area contributed by atoms with E-state index in [1.165, 1.54) is 11.3 Å². The fraction of sp³-hybridized carbons (Fsp3) is 0.545. The van der Waals surface area contributed by atoms with Crippen LogP contribution in [0.5, 0.6) is 0 Å². The van der Waals surface area contributed by atoms with E-state index in [0.29, 0.717) is 24.7 Å². The molecule has 17 heavy (non-hydrogen) atoms. The molecular formula is C11H18N2O3S. The van der Waals surface area contributed by atoms with E-state index in [4.69, 9.17) is 15.3 Å². The van der Waals surface area contributed by atoms with Crippen LogP contribution in [0.25, 0.3) is 0 Å². The predicted molar refractivity (Wildman–Crippen MR) is 66.7 cm³/mol. The van der Waals surface area contributed by atoms with Crippen LogP contribution in [0.3, 0.4) is 0 Å². The van der Waals surface area contributed by atoms with Gasteiger partial charge in [-0.25, -0.2) is 5.84 Å². The summed E-state index contributed by atoms with van der Waals surface area (Å²) in [6, 6.07) is 1.86. The molecule has 0 saturated carbocycles. The van der Waals surface area contributed by atoms with Gasteiger partial charge in [-0.3, -0.25) is 10.2 Å². The maximum atomic E-state index is 11.4. The second-order valence-electron chi connectivity index (χ2n) is 3.72. The van der Waals surface area contributed by atoms with E-state index in [-0.39, 0.29) is 12.0 Å². The van der Waals surface area contributed by atoms with Crippen LogP contribution < -0.4 is 11.3 Å². The molecule has 0 radical (unpaired) electrons. The van der Waals surface area contributed by atoms with Crippen molar-refractivity contribution in [2.45, 2.75) is 26.6 Å². The number of hydrogen-bond acceptors (Lipinski definition) is 5. The lowest BCUT2D eigenvalue weighted by atomic mass is 10.2. The molecule has 1 aromatic rings. The number of hydrogen-bond donors (Lipinski definition) is 2. The molecule has 0 aliphatic heterocycles. The molecule has 0 fully saturated rings. The first-order valence-corrected chi connectivity index (χ1v) is 6.29. The van der Waals surface area contributed by atoms with E-state index in [2.05, 4.69) is 5.43 Å². The smallest absolute Gasteiger partial charge is 0.275 e. The summed E-state index contributed by atoms with van der Waals surface area (Å²) >= 11 is 1.35. The highest BCUT2D eigenvalue weighted by atomic mass is 32.1. The number of nitrogens with two attached hydrogens (primary N) is 1. The van der Waals surface area contributed by atoms with Crippen LogP contribution in [0.2, 0.25) is 0 Å². The Morgan fingerprint density at radius 3 is 2.94 bits per heavy atom. The fourth-order valence-corrected chi connectivity index (χ4v) is 2.05. The standard InChI is InChI=1S/C11H18N2O3S/c1-8(2)16-5-4-15-7-9-3-6-17-10(9)11(14)13-12/h3,6,8H,4-5,7,12H2,1-2H3,(H,13,14). The summed E-state index contributed by atoms with van der Waals surface area (Å²) in [4.78, 5) is 12.0. The third-order valence-electron chi connectivity index (χ3n) is 2.02. The molecule has 5 nitrogen and oxygen atoms in total. The number of hydrazine groups is 1. The molecule has 0 unspecified atom stereocenters. The molecule has 0 atom stereocenters. The van der Waals surface area contributed by atoms with Gasteiger partial charge in [0.2, 0.25) is 0 Å². The van der Waals surface area contributed by atoms with E-state index in [1.54, 1.807) is 0 Å². The molecule has 0 saturated heterocycles. The molecule has 1 rings (SSSR count). The average molecular weight is 258 g/mol. The van der Waals surface area contributed by atoms with Crippen LogP contribution >= 0.6 is 11.3 Å². The minimum absolute atomic E-state index is 0.207. The number of carbonyl (C=O) groups is 1. The van der Waals surface area contributed by atoms with Crippen LogP contribution in [-0.2, 0) is 16.1 Å². The molecule has 3 N–H and O–H groups in total. The van der Waals surface area contributed by atoms with Gasteiger partial charge in [0, 0.05) is 5.56 Å². The Morgan fingerprint density at radius 2 is 2.29 bits per heavy atom. The van der Waals surface area contributed by atoms with Crippen molar-refractivity contribution in [3.05, 3.63) is 21.9 Å². The van der Waals surface area contributed by atoms with E-state index >= 15 is 0 Å². The average Bonchev–Trinajstić information content (AvgIpc) is 2.75. The Hall–Kier alpha value is -0.950. The summed E-state index contributed by atoms with van der Waals surface area (Å²) < 4.78 is 10.8. The summed E-state index contributed by atoms with van der Waals surface area (Å²) in [5.41, 5.74) is 2.97. The van der Waals surface area contributed by atoms with Gasteiger partial charge in [-0.05, 0) is 25.3 Å². The summed E-state index contributed by atoms with van der Waals surface area (Å²) in [6.07, 6.45) is 0.207. The van der Waals surface area contributed by atoms with Crippen molar-refractivity contribution < 1.29 is 14.3 Å². The lowest BCUT2D eigenvalue weighted by molar-refractivity contribution is 0.0142. The summed E-state index contributed by atoms with van der Waals surface area (Å²) in [7, 11) is 0. The zero-order chi connectivity index (χ0) is 12.7. The maximum absolute atomic E-state index is 11.4. The summed E-state index contributed by atoms with van der Waals surface area (Å²) in [5, 5.41) is 1.84. The Bertz CT molecular complexity index is 352. The topological polar surface area (TPSA) is 73.6 Å². The molecule has 0 aromatic carbocycles. The van der Waals surface area contributed by atoms with Gasteiger partial charge in [0.15, 0.2) is 0 Å². The first-order chi connectivity index (χ1) is 8.15. The molecule has 1 aromatic heterocycles. The highest BCUT2D eigenvalue weighted by Crippen LogP contribution is 2.17. The monoisotopic (exact) mass is 258 g/mol. The molecule has 0 spiro atoms. The first-order valence-electron chi connectivity index (χ1n) is 5.41. The number of rotatable bonds is 7. The number of nitrogens with one attached hydrogen (secondary N) is 1. The van der Waals surface area contributed by atoms with Crippen molar-refractivity contribution in [3.8, 4) is 0 Å². The van der Waals surface area contributed by atoms with Crippen molar-refractivity contribution in [2.24, 2.45) is 5.84 Å². The highest BCUT2D eigenvalue weighted by molar-refractivity contribution is 7.12.